The Morgan fingerprint density at radius 2 is 1.77 bits per heavy atom. The number of amides is 1. The van der Waals surface area contributed by atoms with Crippen LogP contribution in [0.3, 0.4) is 0 Å². The van der Waals surface area contributed by atoms with Gasteiger partial charge in [-0.3, -0.25) is 14.2 Å². The van der Waals surface area contributed by atoms with Gasteiger partial charge in [0.2, 0.25) is 5.91 Å². The third-order valence-electron chi connectivity index (χ3n) is 5.15. The Hall–Kier alpha value is -3.25. The number of rotatable bonds is 5. The Morgan fingerprint density at radius 1 is 1.07 bits per heavy atom. The van der Waals surface area contributed by atoms with E-state index in [0.29, 0.717) is 15.9 Å². The minimum atomic E-state index is -0.258. The van der Waals surface area contributed by atoms with Crippen LogP contribution in [0.2, 0.25) is 0 Å². The summed E-state index contributed by atoms with van der Waals surface area (Å²) in [4.78, 5) is 31.9. The lowest BCUT2D eigenvalue weighted by Crippen LogP contribution is -2.27. The minimum absolute atomic E-state index is 0.0838. The number of thiophene rings is 1. The third kappa shape index (κ3) is 3.91. The molecule has 0 fully saturated rings. The number of nitrogens with one attached hydrogen (secondary N) is 1. The van der Waals surface area contributed by atoms with E-state index in [1.54, 1.807) is 0 Å². The van der Waals surface area contributed by atoms with E-state index < -0.39 is 0 Å². The van der Waals surface area contributed by atoms with Crippen LogP contribution in [-0.2, 0) is 17.8 Å². The molecule has 1 amide bonds. The summed E-state index contributed by atoms with van der Waals surface area (Å²) in [5, 5.41) is 3.42. The molecular formula is C24H23N3O2S. The normalized spacial score (nSPS) is 11.0. The summed E-state index contributed by atoms with van der Waals surface area (Å²) in [5.41, 5.74) is 4.77. The van der Waals surface area contributed by atoms with Gasteiger partial charge in [0.1, 0.15) is 11.4 Å². The predicted octanol–water partition coefficient (Wildman–Crippen LogP) is 4.94. The van der Waals surface area contributed by atoms with Crippen molar-refractivity contribution in [2.45, 2.75) is 33.7 Å². The van der Waals surface area contributed by atoms with Crippen molar-refractivity contribution in [1.29, 1.82) is 0 Å². The van der Waals surface area contributed by atoms with Crippen LogP contribution in [0, 0.1) is 13.8 Å². The van der Waals surface area contributed by atoms with Gasteiger partial charge in [0.15, 0.2) is 0 Å². The van der Waals surface area contributed by atoms with Crippen LogP contribution in [0.1, 0.15) is 22.9 Å². The maximum Gasteiger partial charge on any atom is 0.263 e. The van der Waals surface area contributed by atoms with Gasteiger partial charge in [-0.05, 0) is 43.5 Å². The number of anilines is 1. The summed E-state index contributed by atoms with van der Waals surface area (Å²) in [7, 11) is 0. The first kappa shape index (κ1) is 20.0. The lowest BCUT2D eigenvalue weighted by molar-refractivity contribution is -0.116. The molecule has 0 unspecified atom stereocenters. The molecule has 0 radical (unpaired) electrons. The van der Waals surface area contributed by atoms with Gasteiger partial charge in [0, 0.05) is 16.1 Å². The van der Waals surface area contributed by atoms with Gasteiger partial charge >= 0.3 is 0 Å². The molecule has 0 saturated carbocycles. The van der Waals surface area contributed by atoms with E-state index in [1.807, 2.05) is 62.4 Å². The fourth-order valence-corrected chi connectivity index (χ4v) is 4.50. The number of benzene rings is 2. The summed E-state index contributed by atoms with van der Waals surface area (Å²) in [5.74, 6) is -0.258. The van der Waals surface area contributed by atoms with Crippen LogP contribution in [0.15, 0.2) is 59.7 Å². The smallest absolute Gasteiger partial charge is 0.263 e. The van der Waals surface area contributed by atoms with Gasteiger partial charge in [-0.25, -0.2) is 4.98 Å². The van der Waals surface area contributed by atoms with E-state index >= 15 is 0 Å². The van der Waals surface area contributed by atoms with Crippen LogP contribution < -0.4 is 10.9 Å². The van der Waals surface area contributed by atoms with Gasteiger partial charge in [0.25, 0.3) is 5.56 Å². The van der Waals surface area contributed by atoms with E-state index in [1.165, 1.54) is 27.8 Å². The standard InChI is InChI=1S/C24H23N3O2S/c1-4-17-7-11-19(12-8-17)26-20(28)13-27-14-25-23-22(24(27)29)21(16(3)30-23)18-9-5-15(2)6-10-18/h5-12,14H,4,13H2,1-3H3,(H,26,28). The van der Waals surface area contributed by atoms with E-state index in [2.05, 4.69) is 17.2 Å². The topological polar surface area (TPSA) is 64.0 Å². The highest BCUT2D eigenvalue weighted by Gasteiger charge is 2.17. The van der Waals surface area contributed by atoms with E-state index in [-0.39, 0.29) is 18.0 Å². The Kier molecular flexibility index (Phi) is 5.50. The number of aryl methyl sites for hydroxylation is 3. The molecule has 2 aromatic heterocycles. The number of hydrogen-bond donors (Lipinski definition) is 1. The Labute approximate surface area is 179 Å². The molecular weight excluding hydrogens is 394 g/mol. The van der Waals surface area contributed by atoms with Gasteiger partial charge in [-0.1, -0.05) is 48.9 Å². The molecule has 1 N–H and O–H groups in total. The second-order valence-corrected chi connectivity index (χ2v) is 8.56. The average Bonchev–Trinajstić information content (AvgIpc) is 3.08. The molecule has 0 saturated heterocycles. The maximum atomic E-state index is 13.2. The largest absolute Gasteiger partial charge is 0.325 e. The molecule has 0 bridgehead atoms. The predicted molar refractivity (Wildman–Crippen MR) is 123 cm³/mol. The summed E-state index contributed by atoms with van der Waals surface area (Å²) in [6.07, 6.45) is 2.40. The zero-order valence-corrected chi connectivity index (χ0v) is 18.0. The van der Waals surface area contributed by atoms with Crippen molar-refractivity contribution in [3.05, 3.63) is 81.2 Å². The molecule has 0 aliphatic carbocycles. The summed E-state index contributed by atoms with van der Waals surface area (Å²) in [6.45, 7) is 6.03. The van der Waals surface area contributed by atoms with Crippen LogP contribution in [0.5, 0.6) is 0 Å². The average molecular weight is 418 g/mol. The van der Waals surface area contributed by atoms with E-state index in [0.717, 1.165) is 28.0 Å². The molecule has 2 aromatic carbocycles. The van der Waals surface area contributed by atoms with Gasteiger partial charge < -0.3 is 5.32 Å². The molecule has 6 heteroatoms. The molecule has 2 heterocycles. The summed E-state index contributed by atoms with van der Waals surface area (Å²) in [6, 6.07) is 15.8. The first-order valence-corrected chi connectivity index (χ1v) is 10.7. The zero-order chi connectivity index (χ0) is 21.3. The van der Waals surface area contributed by atoms with Gasteiger partial charge in [-0.2, -0.15) is 0 Å². The molecule has 0 atom stereocenters. The Balaban J connectivity index is 1.65. The molecule has 5 nitrogen and oxygen atoms in total. The second kappa shape index (κ2) is 8.24. The maximum absolute atomic E-state index is 13.2. The van der Waals surface area contributed by atoms with Crippen molar-refractivity contribution in [2.24, 2.45) is 0 Å². The highest BCUT2D eigenvalue weighted by molar-refractivity contribution is 7.19. The van der Waals surface area contributed by atoms with E-state index in [9.17, 15) is 9.59 Å². The SMILES string of the molecule is CCc1ccc(NC(=O)Cn2cnc3sc(C)c(-c4ccc(C)cc4)c3c2=O)cc1. The van der Waals surface area contributed by atoms with Crippen molar-refractivity contribution in [3.8, 4) is 11.1 Å². The van der Waals surface area contributed by atoms with Crippen LogP contribution in [0.25, 0.3) is 21.3 Å². The quantitative estimate of drug-likeness (QED) is 0.500. The first-order valence-electron chi connectivity index (χ1n) is 9.90. The molecule has 0 spiro atoms. The molecule has 152 valence electrons. The number of carbonyl (C=O) groups is 1. The highest BCUT2D eigenvalue weighted by atomic mass is 32.1. The number of aromatic nitrogens is 2. The first-order chi connectivity index (χ1) is 14.5. The number of hydrogen-bond acceptors (Lipinski definition) is 4. The molecule has 0 aliphatic heterocycles. The highest BCUT2D eigenvalue weighted by Crippen LogP contribution is 2.35. The van der Waals surface area contributed by atoms with Gasteiger partial charge in [-0.15, -0.1) is 11.3 Å². The van der Waals surface area contributed by atoms with Crippen molar-refractivity contribution >= 4 is 33.1 Å². The Bertz CT molecular complexity index is 1270. The Morgan fingerprint density at radius 3 is 2.43 bits per heavy atom. The molecule has 0 aliphatic rings. The van der Waals surface area contributed by atoms with Crippen molar-refractivity contribution < 1.29 is 4.79 Å². The minimum Gasteiger partial charge on any atom is -0.325 e. The van der Waals surface area contributed by atoms with Crippen molar-refractivity contribution in [2.75, 3.05) is 5.32 Å². The van der Waals surface area contributed by atoms with Crippen LogP contribution in [0.4, 0.5) is 5.69 Å². The fraction of sp³-hybridized carbons (Fsp3) is 0.208. The molecule has 4 aromatic rings. The van der Waals surface area contributed by atoms with Crippen LogP contribution >= 0.6 is 11.3 Å². The molecule has 4 rings (SSSR count). The van der Waals surface area contributed by atoms with Gasteiger partial charge in [0.05, 0.1) is 11.7 Å². The number of fused-ring (bicyclic) bond motifs is 1. The lowest BCUT2D eigenvalue weighted by atomic mass is 10.0. The monoisotopic (exact) mass is 417 g/mol. The second-order valence-electron chi connectivity index (χ2n) is 7.36. The molecule has 30 heavy (non-hydrogen) atoms. The number of nitrogens with zero attached hydrogens (tertiary/aromatic N) is 2. The number of carbonyl (C=O) groups excluding carboxylic acids is 1. The van der Waals surface area contributed by atoms with Crippen molar-refractivity contribution in [1.82, 2.24) is 9.55 Å². The summed E-state index contributed by atoms with van der Waals surface area (Å²) < 4.78 is 1.38. The third-order valence-corrected chi connectivity index (χ3v) is 6.17. The van der Waals surface area contributed by atoms with Crippen molar-refractivity contribution in [3.63, 3.8) is 0 Å². The zero-order valence-electron chi connectivity index (χ0n) is 17.2. The van der Waals surface area contributed by atoms with E-state index in [4.69, 9.17) is 0 Å². The van der Waals surface area contributed by atoms with Crippen LogP contribution in [-0.4, -0.2) is 15.5 Å². The summed E-state index contributed by atoms with van der Waals surface area (Å²) >= 11 is 1.50. The lowest BCUT2D eigenvalue weighted by Gasteiger charge is -2.08. The fourth-order valence-electron chi connectivity index (χ4n) is 3.50.